The summed E-state index contributed by atoms with van der Waals surface area (Å²) in [5.41, 5.74) is 0.568. The lowest BCUT2D eigenvalue weighted by atomic mass is 9.99. The molecule has 0 unspecified atom stereocenters. The third-order valence-corrected chi connectivity index (χ3v) is 3.56. The van der Waals surface area contributed by atoms with Gasteiger partial charge in [0.2, 0.25) is 5.28 Å². The topological polar surface area (TPSA) is 38.7 Å². The lowest BCUT2D eigenvalue weighted by Crippen LogP contribution is -2.00. The molecule has 2 heterocycles. The van der Waals surface area contributed by atoms with Crippen molar-refractivity contribution in [1.82, 2.24) is 15.0 Å². The first-order valence-corrected chi connectivity index (χ1v) is 6.94. The second-order valence-corrected chi connectivity index (χ2v) is 5.13. The van der Waals surface area contributed by atoms with Crippen LogP contribution in [-0.4, -0.2) is 15.0 Å². The lowest BCUT2D eigenvalue weighted by Gasteiger charge is -2.12. The van der Waals surface area contributed by atoms with Gasteiger partial charge in [-0.2, -0.15) is 0 Å². The molecule has 0 bridgehead atoms. The zero-order valence-corrected chi connectivity index (χ0v) is 12.6. The van der Waals surface area contributed by atoms with E-state index in [9.17, 15) is 13.2 Å². The molecule has 23 heavy (non-hydrogen) atoms. The molecular weight excluding hydrogens is 327 g/mol. The van der Waals surface area contributed by atoms with Crippen molar-refractivity contribution in [3.63, 3.8) is 0 Å². The predicted molar refractivity (Wildman–Crippen MR) is 80.3 cm³/mol. The molecule has 0 amide bonds. The molecule has 3 rings (SSSR count). The zero-order chi connectivity index (χ0) is 16.6. The van der Waals surface area contributed by atoms with Crippen LogP contribution in [0.15, 0.2) is 36.8 Å². The highest BCUT2D eigenvalue weighted by Gasteiger charge is 2.20. The molecule has 0 atom stereocenters. The van der Waals surface area contributed by atoms with Crippen LogP contribution in [-0.2, 0) is 0 Å². The van der Waals surface area contributed by atoms with Crippen molar-refractivity contribution in [3.8, 4) is 22.4 Å². The summed E-state index contributed by atoms with van der Waals surface area (Å²) >= 11 is 5.82. The Morgan fingerprint density at radius 3 is 2.39 bits per heavy atom. The van der Waals surface area contributed by atoms with Crippen molar-refractivity contribution in [2.75, 3.05) is 0 Å². The molecule has 0 fully saturated rings. The molecule has 0 aliphatic rings. The van der Waals surface area contributed by atoms with Crippen LogP contribution >= 0.6 is 11.6 Å². The van der Waals surface area contributed by atoms with E-state index in [0.717, 1.165) is 6.07 Å². The lowest BCUT2D eigenvalue weighted by molar-refractivity contribution is 0.487. The Kier molecular flexibility index (Phi) is 4.00. The molecule has 0 saturated heterocycles. The van der Waals surface area contributed by atoms with Crippen molar-refractivity contribution in [2.24, 2.45) is 0 Å². The molecule has 7 heteroatoms. The highest BCUT2D eigenvalue weighted by Crippen LogP contribution is 2.34. The standard InChI is InChI=1S/C16H9ClF3N3/c1-8-13(19)10(6-12(18)14(8)20)11-7-22-16(17)23-15(11)9-2-4-21-5-3-9/h2-7H,1H3. The molecule has 0 N–H and O–H groups in total. The third-order valence-electron chi connectivity index (χ3n) is 3.38. The van der Waals surface area contributed by atoms with Gasteiger partial charge < -0.3 is 0 Å². The molecule has 116 valence electrons. The van der Waals surface area contributed by atoms with Crippen LogP contribution in [0.25, 0.3) is 22.4 Å². The number of rotatable bonds is 2. The van der Waals surface area contributed by atoms with Gasteiger partial charge in [0.1, 0.15) is 5.82 Å². The van der Waals surface area contributed by atoms with Gasteiger partial charge in [-0.15, -0.1) is 0 Å². The second kappa shape index (κ2) is 5.96. The summed E-state index contributed by atoms with van der Waals surface area (Å²) in [6.45, 7) is 1.17. The maximum absolute atomic E-state index is 14.4. The first kappa shape index (κ1) is 15.4. The quantitative estimate of drug-likeness (QED) is 0.508. The minimum absolute atomic E-state index is 0.0414. The summed E-state index contributed by atoms with van der Waals surface area (Å²) < 4.78 is 41.6. The Labute approximate surface area is 134 Å². The molecule has 0 radical (unpaired) electrons. The largest absolute Gasteiger partial charge is 0.265 e. The van der Waals surface area contributed by atoms with Crippen molar-refractivity contribution in [2.45, 2.75) is 6.92 Å². The molecule has 0 aliphatic heterocycles. The summed E-state index contributed by atoms with van der Waals surface area (Å²) in [6.07, 6.45) is 4.34. The normalized spacial score (nSPS) is 10.8. The van der Waals surface area contributed by atoms with Gasteiger partial charge in [0.15, 0.2) is 11.6 Å². The van der Waals surface area contributed by atoms with E-state index in [1.165, 1.54) is 25.5 Å². The predicted octanol–water partition coefficient (Wildman–Crippen LogP) is 4.58. The molecule has 0 spiro atoms. The van der Waals surface area contributed by atoms with Gasteiger partial charge >= 0.3 is 0 Å². The van der Waals surface area contributed by atoms with E-state index < -0.39 is 23.0 Å². The number of aromatic nitrogens is 3. The highest BCUT2D eigenvalue weighted by molar-refractivity contribution is 6.28. The van der Waals surface area contributed by atoms with Crippen molar-refractivity contribution in [1.29, 1.82) is 0 Å². The zero-order valence-electron chi connectivity index (χ0n) is 11.8. The van der Waals surface area contributed by atoms with Gasteiger partial charge in [-0.25, -0.2) is 23.1 Å². The van der Waals surface area contributed by atoms with Crippen LogP contribution in [0.1, 0.15) is 5.56 Å². The molecule has 2 aromatic heterocycles. The van der Waals surface area contributed by atoms with Gasteiger partial charge in [0.25, 0.3) is 0 Å². The number of hydrogen-bond acceptors (Lipinski definition) is 3. The summed E-state index contributed by atoms with van der Waals surface area (Å²) in [7, 11) is 0. The first-order valence-electron chi connectivity index (χ1n) is 6.56. The highest BCUT2D eigenvalue weighted by atomic mass is 35.5. The van der Waals surface area contributed by atoms with Crippen LogP contribution in [0.5, 0.6) is 0 Å². The van der Waals surface area contributed by atoms with E-state index in [-0.39, 0.29) is 16.4 Å². The van der Waals surface area contributed by atoms with E-state index in [0.29, 0.717) is 11.3 Å². The number of pyridine rings is 1. The summed E-state index contributed by atoms with van der Waals surface area (Å²) in [4.78, 5) is 11.8. The molecule has 0 aliphatic carbocycles. The molecule has 1 aromatic carbocycles. The van der Waals surface area contributed by atoms with Gasteiger partial charge in [-0.3, -0.25) is 4.98 Å². The monoisotopic (exact) mass is 335 g/mol. The van der Waals surface area contributed by atoms with E-state index in [1.54, 1.807) is 12.1 Å². The molecule has 3 aromatic rings. The van der Waals surface area contributed by atoms with Crippen molar-refractivity contribution < 1.29 is 13.2 Å². The fourth-order valence-corrected chi connectivity index (χ4v) is 2.35. The van der Waals surface area contributed by atoms with E-state index in [1.807, 2.05) is 0 Å². The van der Waals surface area contributed by atoms with Crippen LogP contribution in [0, 0.1) is 24.4 Å². The average molecular weight is 336 g/mol. The smallest absolute Gasteiger partial charge is 0.222 e. The first-order chi connectivity index (χ1) is 11.0. The Morgan fingerprint density at radius 2 is 1.70 bits per heavy atom. The minimum Gasteiger partial charge on any atom is -0.265 e. The molecule has 0 saturated carbocycles. The van der Waals surface area contributed by atoms with Crippen LogP contribution in [0.2, 0.25) is 5.28 Å². The van der Waals surface area contributed by atoms with E-state index >= 15 is 0 Å². The Morgan fingerprint density at radius 1 is 1.00 bits per heavy atom. The number of benzene rings is 1. The van der Waals surface area contributed by atoms with Gasteiger partial charge in [0, 0.05) is 40.8 Å². The maximum atomic E-state index is 14.4. The Balaban J connectivity index is 2.30. The van der Waals surface area contributed by atoms with Crippen LogP contribution in [0.4, 0.5) is 13.2 Å². The van der Waals surface area contributed by atoms with Crippen LogP contribution < -0.4 is 0 Å². The Bertz CT molecular complexity index is 885. The van der Waals surface area contributed by atoms with Crippen molar-refractivity contribution in [3.05, 3.63) is 65.1 Å². The fraction of sp³-hybridized carbons (Fsp3) is 0.0625. The average Bonchev–Trinajstić information content (AvgIpc) is 2.57. The van der Waals surface area contributed by atoms with Gasteiger partial charge in [-0.05, 0) is 36.7 Å². The minimum atomic E-state index is -1.22. The van der Waals surface area contributed by atoms with Crippen molar-refractivity contribution >= 4 is 11.6 Å². The number of hydrogen-bond donors (Lipinski definition) is 0. The van der Waals surface area contributed by atoms with E-state index in [2.05, 4.69) is 15.0 Å². The van der Waals surface area contributed by atoms with Gasteiger partial charge in [0.05, 0.1) is 5.69 Å². The number of nitrogens with zero attached hydrogens (tertiary/aromatic N) is 3. The van der Waals surface area contributed by atoms with Crippen LogP contribution in [0.3, 0.4) is 0 Å². The summed E-state index contributed by atoms with van der Waals surface area (Å²) in [6, 6.07) is 4.08. The maximum Gasteiger partial charge on any atom is 0.222 e. The SMILES string of the molecule is Cc1c(F)c(F)cc(-c2cnc(Cl)nc2-c2ccncc2)c1F. The summed E-state index contributed by atoms with van der Waals surface area (Å²) in [5.74, 6) is -3.23. The Hall–Kier alpha value is -2.47. The molecular formula is C16H9ClF3N3. The van der Waals surface area contributed by atoms with Gasteiger partial charge in [-0.1, -0.05) is 0 Å². The number of halogens is 4. The third kappa shape index (κ3) is 2.77. The second-order valence-electron chi connectivity index (χ2n) is 4.80. The molecule has 3 nitrogen and oxygen atoms in total. The summed E-state index contributed by atoms with van der Waals surface area (Å²) in [5, 5.41) is -0.0414. The fourth-order valence-electron chi connectivity index (χ4n) is 2.21. The van der Waals surface area contributed by atoms with E-state index in [4.69, 9.17) is 11.6 Å².